The number of nitrogens with one attached hydrogen (secondary N) is 2. The maximum Gasteiger partial charge on any atom is 0.191 e. The van der Waals surface area contributed by atoms with E-state index >= 15 is 0 Å². The van der Waals surface area contributed by atoms with Crippen LogP contribution in [-0.4, -0.2) is 87.1 Å². The lowest BCUT2D eigenvalue weighted by Gasteiger charge is -2.48. The monoisotopic (exact) mass is 526 g/mol. The number of nitrogens with zero attached hydrogens (tertiary/aromatic N) is 2. The number of hydrogen-bond acceptors (Lipinski definition) is 5. The molecule has 3 rings (SSSR count). The van der Waals surface area contributed by atoms with Crippen LogP contribution in [0.2, 0.25) is 0 Å². The summed E-state index contributed by atoms with van der Waals surface area (Å²) in [4.78, 5) is 7.20. The molecule has 0 aromatic rings. The zero-order valence-corrected chi connectivity index (χ0v) is 20.6. The molecule has 0 radical (unpaired) electrons. The summed E-state index contributed by atoms with van der Waals surface area (Å²) < 4.78 is 11.2. The quantitative estimate of drug-likeness (QED) is 0.220. The average Bonchev–Trinajstić information content (AvgIpc) is 3.25. The first-order valence-electron chi connectivity index (χ1n) is 10.8. The predicted molar refractivity (Wildman–Crippen MR) is 129 cm³/mol. The lowest BCUT2D eigenvalue weighted by atomic mass is 9.80. The van der Waals surface area contributed by atoms with Crippen LogP contribution in [0.25, 0.3) is 0 Å². The number of ether oxygens (including phenoxy) is 2. The maximum absolute atomic E-state index is 5.83. The summed E-state index contributed by atoms with van der Waals surface area (Å²) in [5.74, 6) is 3.48. The highest BCUT2D eigenvalue weighted by atomic mass is 127. The van der Waals surface area contributed by atoms with Crippen molar-refractivity contribution in [1.82, 2.24) is 15.5 Å². The van der Waals surface area contributed by atoms with Crippen molar-refractivity contribution >= 4 is 41.7 Å². The molecule has 2 aliphatic heterocycles. The molecule has 0 aromatic carbocycles. The van der Waals surface area contributed by atoms with Gasteiger partial charge in [0.25, 0.3) is 0 Å². The zero-order chi connectivity index (χ0) is 18.8. The summed E-state index contributed by atoms with van der Waals surface area (Å²) in [7, 11) is 1.87. The number of guanidine groups is 1. The first kappa shape index (κ1) is 24.5. The van der Waals surface area contributed by atoms with Crippen molar-refractivity contribution in [3.05, 3.63) is 0 Å². The minimum Gasteiger partial charge on any atom is -0.379 e. The second-order valence-electron chi connectivity index (χ2n) is 7.95. The number of aliphatic imine (C=N–C) groups is 1. The molecule has 2 N–H and O–H groups in total. The van der Waals surface area contributed by atoms with Crippen molar-refractivity contribution in [3.63, 3.8) is 0 Å². The number of halogens is 1. The standard InChI is InChI=1S/C20H38N4O2S.HI/c1-21-19(22-9-5-12-26-18-6-13-25-16-18)23-17-20(7-3-2-4-8-20)24-10-14-27-15-11-24;/h18H,2-17H2,1H3,(H2,21,22,23);1H. The van der Waals surface area contributed by atoms with Crippen LogP contribution < -0.4 is 10.6 Å². The van der Waals surface area contributed by atoms with Gasteiger partial charge >= 0.3 is 0 Å². The molecule has 6 nitrogen and oxygen atoms in total. The van der Waals surface area contributed by atoms with E-state index < -0.39 is 0 Å². The van der Waals surface area contributed by atoms with Crippen LogP contribution in [0, 0.1) is 0 Å². The highest BCUT2D eigenvalue weighted by molar-refractivity contribution is 14.0. The van der Waals surface area contributed by atoms with E-state index in [0.717, 1.165) is 51.7 Å². The Kier molecular flexibility index (Phi) is 11.8. The third kappa shape index (κ3) is 7.49. The third-order valence-electron chi connectivity index (χ3n) is 6.13. The van der Waals surface area contributed by atoms with E-state index in [-0.39, 0.29) is 24.0 Å². The molecular weight excluding hydrogens is 487 g/mol. The summed E-state index contributed by atoms with van der Waals surface area (Å²) in [5.41, 5.74) is 0.322. The molecule has 164 valence electrons. The van der Waals surface area contributed by atoms with Gasteiger partial charge in [0.05, 0.1) is 12.7 Å². The van der Waals surface area contributed by atoms with Crippen molar-refractivity contribution in [1.29, 1.82) is 0 Å². The van der Waals surface area contributed by atoms with Crippen LogP contribution in [0.3, 0.4) is 0 Å². The van der Waals surface area contributed by atoms with Gasteiger partial charge in [-0.1, -0.05) is 19.3 Å². The Hall–Kier alpha value is 0.230. The maximum atomic E-state index is 5.83. The van der Waals surface area contributed by atoms with Gasteiger partial charge in [0.15, 0.2) is 5.96 Å². The van der Waals surface area contributed by atoms with E-state index in [4.69, 9.17) is 9.47 Å². The van der Waals surface area contributed by atoms with Gasteiger partial charge < -0.3 is 20.1 Å². The molecule has 1 saturated carbocycles. The topological polar surface area (TPSA) is 58.1 Å². The molecule has 1 aliphatic carbocycles. The lowest BCUT2D eigenvalue weighted by molar-refractivity contribution is 0.0419. The fraction of sp³-hybridized carbons (Fsp3) is 0.950. The second kappa shape index (κ2) is 13.5. The summed E-state index contributed by atoms with van der Waals surface area (Å²) >= 11 is 2.10. The van der Waals surface area contributed by atoms with Gasteiger partial charge in [0.2, 0.25) is 0 Å². The van der Waals surface area contributed by atoms with Crippen molar-refractivity contribution < 1.29 is 9.47 Å². The molecule has 3 aliphatic rings. The van der Waals surface area contributed by atoms with Crippen molar-refractivity contribution in [2.45, 2.75) is 56.6 Å². The summed E-state index contributed by atoms with van der Waals surface area (Å²) in [6.45, 7) is 6.76. The van der Waals surface area contributed by atoms with Crippen LogP contribution in [0.4, 0.5) is 0 Å². The molecule has 0 amide bonds. The Balaban J connectivity index is 0.00000280. The fourth-order valence-electron chi connectivity index (χ4n) is 4.49. The van der Waals surface area contributed by atoms with E-state index in [1.807, 2.05) is 7.05 Å². The molecule has 0 spiro atoms. The largest absolute Gasteiger partial charge is 0.379 e. The Morgan fingerprint density at radius 1 is 1.21 bits per heavy atom. The normalized spacial score (nSPS) is 25.9. The summed E-state index contributed by atoms with van der Waals surface area (Å²) in [5, 5.41) is 7.10. The first-order chi connectivity index (χ1) is 13.3. The Labute approximate surface area is 192 Å². The lowest BCUT2D eigenvalue weighted by Crippen LogP contribution is -2.59. The molecule has 3 fully saturated rings. The van der Waals surface area contributed by atoms with Gasteiger partial charge in [0.1, 0.15) is 0 Å². The Bertz CT molecular complexity index is 451. The Morgan fingerprint density at radius 2 is 2.00 bits per heavy atom. The van der Waals surface area contributed by atoms with E-state index in [1.165, 1.54) is 56.7 Å². The molecule has 1 unspecified atom stereocenters. The van der Waals surface area contributed by atoms with Crippen LogP contribution >= 0.6 is 35.7 Å². The molecule has 2 heterocycles. The van der Waals surface area contributed by atoms with Crippen LogP contribution in [0.1, 0.15) is 44.9 Å². The van der Waals surface area contributed by atoms with Crippen LogP contribution in [0.15, 0.2) is 4.99 Å². The first-order valence-corrected chi connectivity index (χ1v) is 11.9. The van der Waals surface area contributed by atoms with Crippen molar-refractivity contribution in [3.8, 4) is 0 Å². The summed E-state index contributed by atoms with van der Waals surface area (Å²) in [6, 6.07) is 0. The van der Waals surface area contributed by atoms with E-state index in [0.29, 0.717) is 11.6 Å². The van der Waals surface area contributed by atoms with Gasteiger partial charge in [-0.25, -0.2) is 0 Å². The van der Waals surface area contributed by atoms with Crippen molar-refractivity contribution in [2.75, 3.05) is 64.6 Å². The van der Waals surface area contributed by atoms with Gasteiger partial charge in [-0.05, 0) is 25.7 Å². The van der Waals surface area contributed by atoms with Gasteiger partial charge in [-0.15, -0.1) is 24.0 Å². The van der Waals surface area contributed by atoms with E-state index in [1.54, 1.807) is 0 Å². The number of thioether (sulfide) groups is 1. The van der Waals surface area contributed by atoms with Gasteiger partial charge in [-0.2, -0.15) is 11.8 Å². The highest BCUT2D eigenvalue weighted by Gasteiger charge is 2.38. The molecular formula is C20H39IN4O2S. The molecule has 0 aromatic heterocycles. The second-order valence-corrected chi connectivity index (χ2v) is 9.17. The van der Waals surface area contributed by atoms with E-state index in [9.17, 15) is 0 Å². The number of rotatable bonds is 8. The SMILES string of the molecule is CN=C(NCCCOC1CCOC1)NCC1(N2CCSCC2)CCCCC1.I. The molecule has 8 heteroatoms. The predicted octanol–water partition coefficient (Wildman–Crippen LogP) is 2.72. The molecule has 1 atom stereocenters. The van der Waals surface area contributed by atoms with Crippen LogP contribution in [-0.2, 0) is 9.47 Å². The number of hydrogen-bond donors (Lipinski definition) is 2. The molecule has 0 bridgehead atoms. The van der Waals surface area contributed by atoms with Crippen molar-refractivity contribution in [2.24, 2.45) is 4.99 Å². The average molecular weight is 527 g/mol. The van der Waals surface area contributed by atoms with Crippen LogP contribution in [0.5, 0.6) is 0 Å². The fourth-order valence-corrected chi connectivity index (χ4v) is 5.40. The van der Waals surface area contributed by atoms with Gasteiger partial charge in [0, 0.05) is 63.5 Å². The third-order valence-corrected chi connectivity index (χ3v) is 7.07. The minimum atomic E-state index is 0. The molecule has 28 heavy (non-hydrogen) atoms. The minimum absolute atomic E-state index is 0. The zero-order valence-electron chi connectivity index (χ0n) is 17.4. The highest BCUT2D eigenvalue weighted by Crippen LogP contribution is 2.34. The van der Waals surface area contributed by atoms with Gasteiger partial charge in [-0.3, -0.25) is 9.89 Å². The molecule has 2 saturated heterocycles. The smallest absolute Gasteiger partial charge is 0.191 e. The van der Waals surface area contributed by atoms with E-state index in [2.05, 4.69) is 32.3 Å². The Morgan fingerprint density at radius 3 is 2.68 bits per heavy atom. The summed E-state index contributed by atoms with van der Waals surface area (Å²) in [6.07, 6.45) is 9.08.